The highest BCUT2D eigenvalue weighted by Gasteiger charge is 2.53. The van der Waals surface area contributed by atoms with Gasteiger partial charge in [-0.1, -0.05) is 0 Å². The number of aliphatic hydroxyl groups excluding tert-OH is 2. The van der Waals surface area contributed by atoms with E-state index < -0.39 is 82.4 Å². The van der Waals surface area contributed by atoms with Crippen LogP contribution in [0.5, 0.6) is 0 Å². The van der Waals surface area contributed by atoms with Gasteiger partial charge < -0.3 is 54.6 Å². The molecule has 3 aliphatic heterocycles. The van der Waals surface area contributed by atoms with Crippen molar-refractivity contribution in [2.75, 3.05) is 24.7 Å². The first kappa shape index (κ1) is 30.8. The third kappa shape index (κ3) is 5.48. The summed E-state index contributed by atoms with van der Waals surface area (Å²) in [4.78, 5) is 48.7. The van der Waals surface area contributed by atoms with E-state index in [9.17, 15) is 29.4 Å². The van der Waals surface area contributed by atoms with Crippen molar-refractivity contribution in [3.8, 4) is 0 Å². The summed E-state index contributed by atoms with van der Waals surface area (Å²) in [7, 11) is -4.98. The molecule has 0 aromatic carbocycles. The number of nitrogens with one attached hydrogen (secondary N) is 1. The van der Waals surface area contributed by atoms with E-state index in [4.69, 9.17) is 50.8 Å². The Morgan fingerprint density at radius 2 is 1.60 bits per heavy atom. The first-order chi connectivity index (χ1) is 21.3. The second-order valence-electron chi connectivity index (χ2n) is 10.4. The molecule has 4 aromatic rings. The van der Waals surface area contributed by atoms with Gasteiger partial charge in [0.05, 0.1) is 24.0 Å². The lowest BCUT2D eigenvalue weighted by molar-refractivity contribution is -0.0634. The van der Waals surface area contributed by atoms with Gasteiger partial charge in [0, 0.05) is 12.4 Å². The molecule has 0 saturated carbocycles. The zero-order valence-corrected chi connectivity index (χ0v) is 25.3. The summed E-state index contributed by atoms with van der Waals surface area (Å²) < 4.78 is 49.6. The van der Waals surface area contributed by atoms with Crippen molar-refractivity contribution in [2.24, 2.45) is 0 Å². The number of H-pyrrole nitrogens is 1. The van der Waals surface area contributed by atoms with Crippen LogP contribution in [0.2, 0.25) is 0 Å². The number of aromatic nitrogens is 6. The molecule has 4 unspecified atom stereocenters. The first-order valence-corrected chi connectivity index (χ1v) is 17.3. The van der Waals surface area contributed by atoms with Crippen molar-refractivity contribution in [3.63, 3.8) is 0 Å². The Morgan fingerprint density at radius 1 is 0.911 bits per heavy atom. The number of hydrogen-bond acceptors (Lipinski definition) is 16. The van der Waals surface area contributed by atoms with E-state index in [1.54, 1.807) is 6.07 Å². The number of hydrogen-bond donors (Lipinski definition) is 7. The molecule has 7 rings (SSSR count). The summed E-state index contributed by atoms with van der Waals surface area (Å²) >= 11 is 5.24. The summed E-state index contributed by atoms with van der Waals surface area (Å²) in [5.41, 5.74) is 11.4. The van der Waals surface area contributed by atoms with Gasteiger partial charge in [0.1, 0.15) is 54.4 Å². The van der Waals surface area contributed by atoms with Gasteiger partial charge in [-0.15, -0.1) is 0 Å². The van der Waals surface area contributed by atoms with Crippen molar-refractivity contribution < 1.29 is 52.1 Å². The molecule has 0 spiro atoms. The quantitative estimate of drug-likeness (QED) is 0.124. The Bertz CT molecular complexity index is 1940. The minimum absolute atomic E-state index is 0.0554. The average Bonchev–Trinajstić information content (AvgIpc) is 3.72. The highest BCUT2D eigenvalue weighted by Crippen LogP contribution is 2.54. The Morgan fingerprint density at radius 3 is 2.38 bits per heavy atom. The minimum Gasteiger partial charge on any atom is -0.387 e. The molecule has 10 atom stereocenters. The van der Waals surface area contributed by atoms with Crippen LogP contribution in [0, 0.1) is 0 Å². The number of nitrogens with zero attached hydrogens (tertiary/aromatic N) is 5. The molecule has 3 aliphatic rings. The smallest absolute Gasteiger partial charge is 0.387 e. The fraction of sp³-hybridized carbons (Fsp3) is 0.455. The molecule has 0 radical (unpaired) electrons. The van der Waals surface area contributed by atoms with Crippen molar-refractivity contribution in [1.29, 1.82) is 0 Å². The summed E-state index contributed by atoms with van der Waals surface area (Å²) in [6, 6.07) is 3.02. The topological polar surface area (TPSA) is 287 Å². The Balaban J connectivity index is 1.21. The van der Waals surface area contributed by atoms with E-state index >= 15 is 0 Å². The van der Waals surface area contributed by atoms with Gasteiger partial charge >= 0.3 is 14.5 Å². The van der Waals surface area contributed by atoms with Crippen LogP contribution >= 0.6 is 14.5 Å². The van der Waals surface area contributed by atoms with E-state index in [0.717, 1.165) is 0 Å². The molecular formula is C22H26N8O12P2S. The number of fused-ring (bicyclic) bond motifs is 5. The summed E-state index contributed by atoms with van der Waals surface area (Å²) in [6.07, 6.45) is -7.21. The Hall–Kier alpha value is -2.88. The van der Waals surface area contributed by atoms with Gasteiger partial charge in [-0.25, -0.2) is 14.5 Å². The summed E-state index contributed by atoms with van der Waals surface area (Å²) in [6.45, 7) is -5.56. The number of phosphoric ester groups is 1. The Kier molecular flexibility index (Phi) is 7.61. The fourth-order valence-electron chi connectivity index (χ4n) is 5.57. The van der Waals surface area contributed by atoms with Crippen LogP contribution in [-0.4, -0.2) is 98.9 Å². The van der Waals surface area contributed by atoms with E-state index in [-0.39, 0.29) is 22.8 Å². The third-order valence-electron chi connectivity index (χ3n) is 7.62. The second-order valence-corrected chi connectivity index (χ2v) is 14.6. The monoisotopic (exact) mass is 688 g/mol. The standard InChI is InChI=1S/C22H26N8O12P2S/c23-16-8-1-3-29(17(8)26-7-25-16)20-13(32)14-11(40-20)6-38-44(36,45)42-15-12(31)10(5-37-43(34,35)41-14)39-21(15)30-4-2-9-18(30)27-22(24)28-19(9)33/h1-4,7,10-15,20-21,31-32H,5-6H2,(H,34,35)(H,36,45)(H2,23,25,26)(H3,24,27,28,33)/t10-,11-,12?,13+,14?,15+,20-,21-,44?/m1/s1. The first-order valence-electron chi connectivity index (χ1n) is 13.2. The van der Waals surface area contributed by atoms with E-state index in [1.165, 1.54) is 33.9 Å². The zero-order chi connectivity index (χ0) is 31.8. The number of nitrogen functional groups attached to an aromatic ring is 2. The molecule has 45 heavy (non-hydrogen) atoms. The summed E-state index contributed by atoms with van der Waals surface area (Å²) in [5.74, 6) is -0.0223. The molecule has 4 aromatic heterocycles. The number of aliphatic hydroxyl groups is 2. The SMILES string of the molecule is Nc1nc2c(ccn2[C@@H]2O[C@@H]3COP(=O)(O)OC4[C@@H](COP(O)(=S)O[C@H]2C3O)O[C@@H](n2ccc3c(N)ncnc32)[C@H]4O)c(=O)[nH]1. The molecular weight excluding hydrogens is 662 g/mol. The lowest BCUT2D eigenvalue weighted by Crippen LogP contribution is -2.36. The van der Waals surface area contributed by atoms with Crippen LogP contribution in [-0.2, 0) is 43.9 Å². The molecule has 23 heteroatoms. The fourth-order valence-corrected chi connectivity index (χ4v) is 7.95. The van der Waals surface area contributed by atoms with Crippen LogP contribution in [0.3, 0.4) is 0 Å². The zero-order valence-electron chi connectivity index (χ0n) is 22.7. The maximum Gasteiger partial charge on any atom is 0.472 e. The minimum atomic E-state index is -4.98. The van der Waals surface area contributed by atoms with Crippen LogP contribution in [0.15, 0.2) is 35.6 Å². The molecule has 242 valence electrons. The Labute approximate surface area is 256 Å². The molecule has 2 bridgehead atoms. The molecule has 3 saturated heterocycles. The maximum atomic E-state index is 13.1. The van der Waals surface area contributed by atoms with Gasteiger partial charge in [-0.2, -0.15) is 4.98 Å². The summed E-state index contributed by atoms with van der Waals surface area (Å²) in [5, 5.41) is 22.9. The average molecular weight is 689 g/mol. The molecule has 7 heterocycles. The van der Waals surface area contributed by atoms with E-state index in [1.807, 2.05) is 0 Å². The van der Waals surface area contributed by atoms with Gasteiger partial charge in [0.2, 0.25) is 5.95 Å². The van der Waals surface area contributed by atoms with E-state index in [0.29, 0.717) is 11.0 Å². The largest absolute Gasteiger partial charge is 0.472 e. The van der Waals surface area contributed by atoms with Crippen LogP contribution in [0.1, 0.15) is 12.5 Å². The molecule has 0 aliphatic carbocycles. The number of aromatic amines is 1. The molecule has 20 nitrogen and oxygen atoms in total. The van der Waals surface area contributed by atoms with Gasteiger partial charge in [0.15, 0.2) is 18.1 Å². The lowest BCUT2D eigenvalue weighted by Gasteiger charge is -2.27. The predicted octanol–water partition coefficient (Wildman–Crippen LogP) is -1.02. The second kappa shape index (κ2) is 11.1. The number of ether oxygens (including phenoxy) is 2. The van der Waals surface area contributed by atoms with Crippen LogP contribution in [0.4, 0.5) is 11.8 Å². The van der Waals surface area contributed by atoms with Gasteiger partial charge in [-0.05, 0) is 23.9 Å². The lowest BCUT2D eigenvalue weighted by atomic mass is 10.1. The van der Waals surface area contributed by atoms with Gasteiger partial charge in [0.25, 0.3) is 5.56 Å². The van der Waals surface area contributed by atoms with Crippen molar-refractivity contribution >= 4 is 60.2 Å². The van der Waals surface area contributed by atoms with E-state index in [2.05, 4.69) is 19.9 Å². The third-order valence-corrected chi connectivity index (χ3v) is 10.2. The molecule has 0 amide bonds. The van der Waals surface area contributed by atoms with Gasteiger partial charge in [-0.3, -0.25) is 23.3 Å². The number of nitrogens with two attached hydrogens (primary N) is 2. The number of rotatable bonds is 2. The number of anilines is 2. The highest BCUT2D eigenvalue weighted by atomic mass is 32.5. The normalized spacial score (nSPS) is 37.7. The highest BCUT2D eigenvalue weighted by molar-refractivity contribution is 8.07. The molecule has 3 fully saturated rings. The molecule has 9 N–H and O–H groups in total. The van der Waals surface area contributed by atoms with Crippen molar-refractivity contribution in [1.82, 2.24) is 29.1 Å². The number of phosphoric acid groups is 1. The van der Waals surface area contributed by atoms with Crippen molar-refractivity contribution in [2.45, 2.75) is 49.1 Å². The maximum absolute atomic E-state index is 13.1. The van der Waals surface area contributed by atoms with Crippen LogP contribution < -0.4 is 17.0 Å². The predicted molar refractivity (Wildman–Crippen MR) is 155 cm³/mol. The van der Waals surface area contributed by atoms with Crippen molar-refractivity contribution in [3.05, 3.63) is 41.2 Å². The van der Waals surface area contributed by atoms with Crippen LogP contribution in [0.25, 0.3) is 22.1 Å².